The number of H-pyrrole nitrogens is 1. The number of carbonyl (C=O) groups excluding carboxylic acids is 7. The van der Waals surface area contributed by atoms with Crippen molar-refractivity contribution in [3.8, 4) is 5.75 Å². The van der Waals surface area contributed by atoms with E-state index in [1.54, 1.807) is 44.2 Å². The molecule has 2 aromatic carbocycles. The van der Waals surface area contributed by atoms with Crippen LogP contribution in [0.2, 0.25) is 0 Å². The fourth-order valence-electron chi connectivity index (χ4n) is 6.42. The number of amides is 7. The molecule has 0 aliphatic heterocycles. The van der Waals surface area contributed by atoms with Gasteiger partial charge in [0.05, 0.1) is 12.4 Å². The number of benzene rings is 2. The summed E-state index contributed by atoms with van der Waals surface area (Å²) in [5.41, 5.74) is 13.0. The van der Waals surface area contributed by atoms with Gasteiger partial charge in [-0.3, -0.25) is 38.4 Å². The Bertz CT molecular complexity index is 2100. The lowest BCUT2D eigenvalue weighted by Gasteiger charge is -2.27. The fraction of sp³-hybridized carbons (Fsp3) is 0.442. The summed E-state index contributed by atoms with van der Waals surface area (Å²) in [6.45, 7) is 4.79. The number of nitrogens with one attached hydrogen (secondary N) is 7. The smallest absolute Gasteiger partial charge is 0.326 e. The molecule has 3 rings (SSSR count). The summed E-state index contributed by atoms with van der Waals surface area (Å²) in [6, 6.07) is 5.14. The van der Waals surface area contributed by atoms with Gasteiger partial charge < -0.3 is 63.7 Å². The van der Waals surface area contributed by atoms with E-state index in [0.717, 1.165) is 5.56 Å². The second-order valence-corrected chi connectivity index (χ2v) is 15.9. The monoisotopic (exact) mass is 906 g/mol. The molecule has 14 N–H and O–H groups in total. The van der Waals surface area contributed by atoms with Crippen molar-refractivity contribution in [2.75, 3.05) is 0 Å². The largest absolute Gasteiger partial charge is 0.508 e. The van der Waals surface area contributed by atoms with E-state index >= 15 is 0 Å². The number of aromatic amines is 1. The van der Waals surface area contributed by atoms with Gasteiger partial charge in [-0.2, -0.15) is 0 Å². The molecule has 0 aliphatic rings. The van der Waals surface area contributed by atoms with Crippen LogP contribution in [0.15, 0.2) is 67.1 Å². The third kappa shape index (κ3) is 18.5. The van der Waals surface area contributed by atoms with Gasteiger partial charge in [-0.15, -0.1) is 0 Å². The van der Waals surface area contributed by atoms with Gasteiger partial charge in [0.25, 0.3) is 0 Å². The van der Waals surface area contributed by atoms with E-state index in [1.165, 1.54) is 43.7 Å². The maximum Gasteiger partial charge on any atom is 0.326 e. The number of rotatable bonds is 27. The second-order valence-electron chi connectivity index (χ2n) is 15.9. The molecule has 352 valence electrons. The molecule has 0 spiro atoms. The lowest BCUT2D eigenvalue weighted by atomic mass is 10.0. The van der Waals surface area contributed by atoms with Crippen molar-refractivity contribution in [2.45, 2.75) is 114 Å². The van der Waals surface area contributed by atoms with Crippen molar-refractivity contribution < 1.29 is 58.5 Å². The average molecular weight is 907 g/mol. The van der Waals surface area contributed by atoms with Gasteiger partial charge >= 0.3 is 11.9 Å². The van der Waals surface area contributed by atoms with Crippen LogP contribution in [0.3, 0.4) is 0 Å². The zero-order valence-electron chi connectivity index (χ0n) is 36.2. The third-order valence-electron chi connectivity index (χ3n) is 9.92. The van der Waals surface area contributed by atoms with E-state index in [2.05, 4.69) is 41.9 Å². The van der Waals surface area contributed by atoms with Crippen molar-refractivity contribution in [1.82, 2.24) is 41.9 Å². The summed E-state index contributed by atoms with van der Waals surface area (Å²) in [5, 5.41) is 43.9. The Morgan fingerprint density at radius 2 is 1.14 bits per heavy atom. The first-order chi connectivity index (χ1) is 30.7. The lowest BCUT2D eigenvalue weighted by Crippen LogP contribution is -2.60. The fourth-order valence-corrected chi connectivity index (χ4v) is 6.42. The zero-order chi connectivity index (χ0) is 48.2. The number of aromatic hydroxyl groups is 1. The molecule has 22 nitrogen and oxygen atoms in total. The molecule has 0 fully saturated rings. The van der Waals surface area contributed by atoms with E-state index in [4.69, 9.17) is 11.5 Å². The number of phenolic OH excluding ortho intramolecular Hbond substituents is 1. The Hall–Kier alpha value is -7.36. The number of imidazole rings is 1. The van der Waals surface area contributed by atoms with Gasteiger partial charge in [0.15, 0.2) is 0 Å². The van der Waals surface area contributed by atoms with E-state index in [1.807, 2.05) is 0 Å². The highest BCUT2D eigenvalue weighted by Crippen LogP contribution is 2.14. The molecule has 0 bridgehead atoms. The number of hydrogen-bond acceptors (Lipinski definition) is 12. The number of nitrogens with zero attached hydrogens (tertiary/aromatic N) is 1. The summed E-state index contributed by atoms with van der Waals surface area (Å²) in [5.74, 6) is -8.99. The van der Waals surface area contributed by atoms with E-state index in [-0.39, 0.29) is 50.2 Å². The maximum absolute atomic E-state index is 13.9. The SMILES string of the molecule is CC(C)C[C@H](NC(=O)[C@H](CCC(=O)O)NC(=O)[C@H](Cc1ccc(O)cc1)NC(=O)[C@@H](N)Cc1ccccc1)C(=O)N[C@@H](C)C(=O)N[C@@H](Cc1cnc[nH]1)C(=O)N[C@@H](CCC(N)=O)C(=O)O. The minimum atomic E-state index is -1.54. The number of aromatic nitrogens is 2. The Balaban J connectivity index is 1.79. The number of hydrogen-bond donors (Lipinski definition) is 12. The predicted octanol–water partition coefficient (Wildman–Crippen LogP) is -1.34. The number of carbonyl (C=O) groups is 9. The van der Waals surface area contributed by atoms with Crippen LogP contribution in [0.25, 0.3) is 0 Å². The summed E-state index contributed by atoms with van der Waals surface area (Å²) in [6.07, 6.45) is 0.854. The number of aliphatic carboxylic acids is 2. The highest BCUT2D eigenvalue weighted by atomic mass is 16.4. The molecule has 0 aliphatic carbocycles. The van der Waals surface area contributed by atoms with Crippen molar-refractivity contribution in [3.63, 3.8) is 0 Å². The molecule has 0 radical (unpaired) electrons. The molecule has 22 heteroatoms. The molecule has 0 unspecified atom stereocenters. The average Bonchev–Trinajstić information content (AvgIpc) is 3.76. The molecular formula is C43H58N10O12. The standard InChI is InChI=1S/C43H58N10O12/c1-23(2)17-32(40(61)48-24(3)37(58)51-34(20-27-21-46-22-47-27)42(63)50-31(43(64)65)13-15-35(45)55)53-39(60)30(14-16-36(56)57)49-41(62)33(19-26-9-11-28(54)12-10-26)52-38(59)29(44)18-25-7-5-4-6-8-25/h4-12,21-24,29-34,54H,13-20,44H2,1-3H3,(H2,45,55)(H,46,47)(H,48,61)(H,49,62)(H,50,63)(H,51,58)(H,52,59)(H,53,60)(H,56,57)(H,64,65)/t24-,29-,30-,31-,32-,33-,34-/m0/s1. The van der Waals surface area contributed by atoms with Gasteiger partial charge in [-0.05, 0) is 61.8 Å². The van der Waals surface area contributed by atoms with Gasteiger partial charge in [-0.25, -0.2) is 9.78 Å². The van der Waals surface area contributed by atoms with E-state index < -0.39 is 108 Å². The molecule has 0 saturated heterocycles. The number of primary amides is 1. The van der Waals surface area contributed by atoms with Crippen LogP contribution >= 0.6 is 0 Å². The molecule has 1 aromatic heterocycles. The van der Waals surface area contributed by atoms with Crippen LogP contribution in [0, 0.1) is 5.92 Å². The predicted molar refractivity (Wildman–Crippen MR) is 232 cm³/mol. The Morgan fingerprint density at radius 1 is 0.615 bits per heavy atom. The quantitative estimate of drug-likeness (QED) is 0.0422. The Morgan fingerprint density at radius 3 is 1.71 bits per heavy atom. The molecular weight excluding hydrogens is 849 g/mol. The highest BCUT2D eigenvalue weighted by molar-refractivity contribution is 5.97. The number of nitrogens with two attached hydrogens (primary N) is 2. The molecule has 1 heterocycles. The van der Waals surface area contributed by atoms with Crippen molar-refractivity contribution in [1.29, 1.82) is 0 Å². The van der Waals surface area contributed by atoms with Gasteiger partial charge in [-0.1, -0.05) is 56.3 Å². The van der Waals surface area contributed by atoms with Gasteiger partial charge in [0.2, 0.25) is 41.4 Å². The van der Waals surface area contributed by atoms with Crippen molar-refractivity contribution >= 4 is 53.3 Å². The first kappa shape index (κ1) is 52.0. The molecule has 7 atom stereocenters. The third-order valence-corrected chi connectivity index (χ3v) is 9.92. The molecule has 7 amide bonds. The summed E-state index contributed by atoms with van der Waals surface area (Å²) >= 11 is 0. The Kier molecular flexibility index (Phi) is 20.5. The minimum absolute atomic E-state index is 0.0110. The highest BCUT2D eigenvalue weighted by Gasteiger charge is 2.34. The van der Waals surface area contributed by atoms with Gasteiger partial charge in [0.1, 0.15) is 42.0 Å². The van der Waals surface area contributed by atoms with Crippen molar-refractivity contribution in [2.24, 2.45) is 17.4 Å². The topological polar surface area (TPSA) is 367 Å². The number of phenols is 1. The van der Waals surface area contributed by atoms with Gasteiger partial charge in [0, 0.05) is 37.6 Å². The summed E-state index contributed by atoms with van der Waals surface area (Å²) in [4.78, 5) is 123. The number of carboxylic acid groups (broad SMARTS) is 2. The maximum atomic E-state index is 13.9. The first-order valence-electron chi connectivity index (χ1n) is 20.8. The minimum Gasteiger partial charge on any atom is -0.508 e. The van der Waals surface area contributed by atoms with E-state index in [0.29, 0.717) is 11.3 Å². The van der Waals surface area contributed by atoms with E-state index in [9.17, 15) is 58.5 Å². The first-order valence-corrected chi connectivity index (χ1v) is 20.8. The summed E-state index contributed by atoms with van der Waals surface area (Å²) < 4.78 is 0. The summed E-state index contributed by atoms with van der Waals surface area (Å²) in [7, 11) is 0. The Labute approximate surface area is 374 Å². The van der Waals surface area contributed by atoms with Crippen LogP contribution in [-0.4, -0.2) is 121 Å². The molecule has 65 heavy (non-hydrogen) atoms. The van der Waals surface area contributed by atoms with Crippen LogP contribution in [0.1, 0.15) is 69.7 Å². The second kappa shape index (κ2) is 25.7. The van der Waals surface area contributed by atoms with Crippen LogP contribution < -0.4 is 43.4 Å². The molecule has 3 aromatic rings. The number of carboxylic acids is 2. The van der Waals surface area contributed by atoms with Crippen LogP contribution in [-0.2, 0) is 62.4 Å². The lowest BCUT2D eigenvalue weighted by molar-refractivity contribution is -0.142. The van der Waals surface area contributed by atoms with Crippen molar-refractivity contribution in [3.05, 3.63) is 83.9 Å². The zero-order valence-corrected chi connectivity index (χ0v) is 36.2. The normalized spacial score (nSPS) is 14.2. The molecule has 0 saturated carbocycles. The van der Waals surface area contributed by atoms with Crippen LogP contribution in [0.4, 0.5) is 0 Å². The van der Waals surface area contributed by atoms with Crippen LogP contribution in [0.5, 0.6) is 5.75 Å².